The maximum absolute atomic E-state index is 12.0. The molecule has 0 saturated heterocycles. The molecule has 0 aliphatic carbocycles. The van der Waals surface area contributed by atoms with Crippen LogP contribution in [0.5, 0.6) is 0 Å². The Kier molecular flexibility index (Phi) is 5.03. The highest BCUT2D eigenvalue weighted by Gasteiger charge is 2.16. The molecular formula is C14H21N3O2. The Hall–Kier alpha value is -1.91. The zero-order valence-corrected chi connectivity index (χ0v) is 11.9. The normalized spacial score (nSPS) is 10.9. The van der Waals surface area contributed by atoms with E-state index in [2.05, 4.69) is 15.6 Å². The largest absolute Gasteiger partial charge is 0.352 e. The van der Waals surface area contributed by atoms with Gasteiger partial charge in [0, 0.05) is 24.5 Å². The van der Waals surface area contributed by atoms with Crippen molar-refractivity contribution in [3.63, 3.8) is 0 Å². The van der Waals surface area contributed by atoms with Crippen LogP contribution in [-0.2, 0) is 0 Å². The Morgan fingerprint density at radius 3 is 2.26 bits per heavy atom. The molecule has 0 saturated carbocycles. The average molecular weight is 263 g/mol. The van der Waals surface area contributed by atoms with Crippen molar-refractivity contribution in [2.75, 3.05) is 6.54 Å². The summed E-state index contributed by atoms with van der Waals surface area (Å²) in [5.41, 5.74) is 0.464. The van der Waals surface area contributed by atoms with Crippen LogP contribution >= 0.6 is 0 Å². The number of amides is 2. The first-order valence-electron chi connectivity index (χ1n) is 6.39. The Morgan fingerprint density at radius 2 is 1.74 bits per heavy atom. The van der Waals surface area contributed by atoms with Crippen LogP contribution in [0.15, 0.2) is 18.5 Å². The van der Waals surface area contributed by atoms with Gasteiger partial charge in [0.1, 0.15) is 0 Å². The zero-order chi connectivity index (χ0) is 14.5. The molecule has 1 aromatic heterocycles. The van der Waals surface area contributed by atoms with E-state index in [1.807, 2.05) is 27.7 Å². The Morgan fingerprint density at radius 1 is 1.16 bits per heavy atom. The molecule has 1 rings (SSSR count). The van der Waals surface area contributed by atoms with E-state index in [9.17, 15) is 9.59 Å². The van der Waals surface area contributed by atoms with Gasteiger partial charge in [0.05, 0.1) is 11.1 Å². The highest BCUT2D eigenvalue weighted by Crippen LogP contribution is 2.06. The van der Waals surface area contributed by atoms with Crippen LogP contribution in [0.2, 0.25) is 0 Å². The van der Waals surface area contributed by atoms with Crippen LogP contribution in [0.25, 0.3) is 0 Å². The summed E-state index contributed by atoms with van der Waals surface area (Å²) in [6, 6.07) is 1.55. The van der Waals surface area contributed by atoms with Crippen LogP contribution in [0.4, 0.5) is 0 Å². The smallest absolute Gasteiger partial charge is 0.253 e. The van der Waals surface area contributed by atoms with Gasteiger partial charge in [0.15, 0.2) is 0 Å². The van der Waals surface area contributed by atoms with Crippen molar-refractivity contribution >= 4 is 11.8 Å². The lowest BCUT2D eigenvalue weighted by Gasteiger charge is -2.20. The molecule has 1 aromatic rings. The number of carbonyl (C=O) groups excluding carboxylic acids is 2. The number of hydrogen-bond donors (Lipinski definition) is 2. The van der Waals surface area contributed by atoms with Crippen molar-refractivity contribution in [1.82, 2.24) is 15.6 Å². The van der Waals surface area contributed by atoms with Crippen molar-refractivity contribution < 1.29 is 9.59 Å². The van der Waals surface area contributed by atoms with Crippen LogP contribution < -0.4 is 10.6 Å². The van der Waals surface area contributed by atoms with Gasteiger partial charge in [-0.2, -0.15) is 0 Å². The molecule has 1 heterocycles. The SMILES string of the molecule is CCCNC(=O)c1cncc(C(=O)NC(C)(C)C)c1. The second kappa shape index (κ2) is 6.31. The quantitative estimate of drug-likeness (QED) is 0.869. The van der Waals surface area contributed by atoms with Crippen molar-refractivity contribution in [3.05, 3.63) is 29.6 Å². The monoisotopic (exact) mass is 263 g/mol. The van der Waals surface area contributed by atoms with E-state index in [0.29, 0.717) is 17.7 Å². The molecule has 5 heteroatoms. The third-order valence-electron chi connectivity index (χ3n) is 2.29. The molecule has 0 unspecified atom stereocenters. The van der Waals surface area contributed by atoms with Gasteiger partial charge >= 0.3 is 0 Å². The number of nitrogens with one attached hydrogen (secondary N) is 2. The molecule has 104 valence electrons. The summed E-state index contributed by atoms with van der Waals surface area (Å²) in [6.07, 6.45) is 3.78. The molecule has 0 aliphatic heterocycles. The first kappa shape index (κ1) is 15.1. The highest BCUT2D eigenvalue weighted by molar-refractivity contribution is 5.99. The number of aromatic nitrogens is 1. The summed E-state index contributed by atoms with van der Waals surface area (Å²) in [7, 11) is 0. The standard InChI is InChI=1S/C14H21N3O2/c1-5-6-16-12(18)10-7-11(9-15-8-10)13(19)17-14(2,3)4/h7-9H,5-6H2,1-4H3,(H,16,18)(H,17,19). The van der Waals surface area contributed by atoms with Gasteiger partial charge in [0.25, 0.3) is 11.8 Å². The Labute approximate surface area is 113 Å². The van der Waals surface area contributed by atoms with E-state index in [0.717, 1.165) is 6.42 Å². The lowest BCUT2D eigenvalue weighted by Crippen LogP contribution is -2.40. The lowest BCUT2D eigenvalue weighted by atomic mass is 10.1. The van der Waals surface area contributed by atoms with Gasteiger partial charge in [0.2, 0.25) is 0 Å². The van der Waals surface area contributed by atoms with Crippen molar-refractivity contribution in [2.24, 2.45) is 0 Å². The number of carbonyl (C=O) groups is 2. The molecule has 0 bridgehead atoms. The minimum absolute atomic E-state index is 0.209. The summed E-state index contributed by atoms with van der Waals surface area (Å²) >= 11 is 0. The molecule has 5 nitrogen and oxygen atoms in total. The third kappa shape index (κ3) is 5.07. The van der Waals surface area contributed by atoms with Crippen LogP contribution in [-0.4, -0.2) is 28.9 Å². The first-order valence-corrected chi connectivity index (χ1v) is 6.39. The molecular weight excluding hydrogens is 242 g/mol. The second-order valence-corrected chi connectivity index (χ2v) is 5.42. The molecule has 0 atom stereocenters. The number of hydrogen-bond acceptors (Lipinski definition) is 3. The number of nitrogens with zero attached hydrogens (tertiary/aromatic N) is 1. The molecule has 0 radical (unpaired) electrons. The van der Waals surface area contributed by atoms with E-state index in [1.54, 1.807) is 6.07 Å². The van der Waals surface area contributed by atoms with Crippen LogP contribution in [0.1, 0.15) is 54.8 Å². The summed E-state index contributed by atoms with van der Waals surface area (Å²) in [6.45, 7) is 8.28. The molecule has 2 amide bonds. The van der Waals surface area contributed by atoms with Gasteiger partial charge in [-0.25, -0.2) is 0 Å². The van der Waals surface area contributed by atoms with E-state index >= 15 is 0 Å². The minimum Gasteiger partial charge on any atom is -0.352 e. The fourth-order valence-corrected chi connectivity index (χ4v) is 1.44. The summed E-state index contributed by atoms with van der Waals surface area (Å²) in [5, 5.41) is 5.59. The minimum atomic E-state index is -0.322. The fourth-order valence-electron chi connectivity index (χ4n) is 1.44. The molecule has 0 fully saturated rings. The van der Waals surface area contributed by atoms with Crippen molar-refractivity contribution in [1.29, 1.82) is 0 Å². The summed E-state index contributed by atoms with van der Waals surface area (Å²) in [5.74, 6) is -0.440. The maximum atomic E-state index is 12.0. The first-order chi connectivity index (χ1) is 8.83. The molecule has 0 aromatic carbocycles. The summed E-state index contributed by atoms with van der Waals surface area (Å²) in [4.78, 5) is 27.7. The molecule has 0 aliphatic rings. The number of pyridine rings is 1. The molecule has 2 N–H and O–H groups in total. The van der Waals surface area contributed by atoms with E-state index in [4.69, 9.17) is 0 Å². The Balaban J connectivity index is 2.82. The van der Waals surface area contributed by atoms with E-state index < -0.39 is 0 Å². The predicted molar refractivity (Wildman–Crippen MR) is 74.1 cm³/mol. The zero-order valence-electron chi connectivity index (χ0n) is 11.9. The predicted octanol–water partition coefficient (Wildman–Crippen LogP) is 1.75. The van der Waals surface area contributed by atoms with Crippen LogP contribution in [0.3, 0.4) is 0 Å². The number of rotatable bonds is 4. The Bertz CT molecular complexity index is 464. The van der Waals surface area contributed by atoms with Crippen molar-refractivity contribution in [2.45, 2.75) is 39.7 Å². The summed E-state index contributed by atoms with van der Waals surface area (Å²) < 4.78 is 0. The van der Waals surface area contributed by atoms with E-state index in [-0.39, 0.29) is 17.4 Å². The second-order valence-electron chi connectivity index (χ2n) is 5.42. The van der Waals surface area contributed by atoms with Gasteiger partial charge in [-0.05, 0) is 33.3 Å². The maximum Gasteiger partial charge on any atom is 0.253 e. The van der Waals surface area contributed by atoms with Crippen molar-refractivity contribution in [3.8, 4) is 0 Å². The van der Waals surface area contributed by atoms with Gasteiger partial charge in [-0.3, -0.25) is 14.6 Å². The average Bonchev–Trinajstić information content (AvgIpc) is 2.34. The van der Waals surface area contributed by atoms with Gasteiger partial charge < -0.3 is 10.6 Å². The molecule has 0 spiro atoms. The van der Waals surface area contributed by atoms with E-state index in [1.165, 1.54) is 12.4 Å². The molecule has 19 heavy (non-hydrogen) atoms. The lowest BCUT2D eigenvalue weighted by molar-refractivity contribution is 0.0919. The van der Waals surface area contributed by atoms with Crippen LogP contribution in [0, 0.1) is 0 Å². The van der Waals surface area contributed by atoms with Gasteiger partial charge in [-0.1, -0.05) is 6.92 Å². The topological polar surface area (TPSA) is 71.1 Å². The highest BCUT2D eigenvalue weighted by atomic mass is 16.2. The fraction of sp³-hybridized carbons (Fsp3) is 0.500. The van der Waals surface area contributed by atoms with Gasteiger partial charge in [-0.15, -0.1) is 0 Å². The third-order valence-corrected chi connectivity index (χ3v) is 2.29.